The normalized spacial score (nSPS) is 23.5. The highest BCUT2D eigenvalue weighted by Gasteiger charge is 2.55. The van der Waals surface area contributed by atoms with Crippen LogP contribution in [0.5, 0.6) is 0 Å². The van der Waals surface area contributed by atoms with Crippen LogP contribution in [0, 0.1) is 5.41 Å². The first kappa shape index (κ1) is 13.5. The van der Waals surface area contributed by atoms with Gasteiger partial charge < -0.3 is 5.32 Å². The molecule has 0 saturated heterocycles. The van der Waals surface area contributed by atoms with Gasteiger partial charge in [0, 0.05) is 17.0 Å². The molecule has 0 atom stereocenters. The standard InChI is InChI=1S/C17H24ClN/c1-2-19-13-17(14-7-3-4-8-15(14)18)11-16(12-17)9-5-6-10-16/h3-4,7-8,19H,2,5-6,9-13H2,1H3. The summed E-state index contributed by atoms with van der Waals surface area (Å²) in [5.74, 6) is 0. The molecule has 2 aliphatic carbocycles. The summed E-state index contributed by atoms with van der Waals surface area (Å²) in [5.41, 5.74) is 2.31. The molecule has 1 aromatic rings. The number of nitrogens with one attached hydrogen (secondary N) is 1. The Bertz CT molecular complexity index is 440. The lowest BCUT2D eigenvalue weighted by Gasteiger charge is -2.56. The Labute approximate surface area is 121 Å². The average molecular weight is 278 g/mol. The van der Waals surface area contributed by atoms with Crippen LogP contribution in [-0.4, -0.2) is 13.1 Å². The summed E-state index contributed by atoms with van der Waals surface area (Å²) in [5, 5.41) is 4.52. The van der Waals surface area contributed by atoms with Gasteiger partial charge in [-0.15, -0.1) is 0 Å². The van der Waals surface area contributed by atoms with Crippen molar-refractivity contribution in [1.82, 2.24) is 5.32 Å². The molecule has 0 bridgehead atoms. The van der Waals surface area contributed by atoms with Crippen LogP contribution in [0.3, 0.4) is 0 Å². The Kier molecular flexibility index (Phi) is 3.61. The van der Waals surface area contributed by atoms with Crippen LogP contribution < -0.4 is 5.32 Å². The summed E-state index contributed by atoms with van der Waals surface area (Å²) in [6.07, 6.45) is 8.39. The number of halogens is 1. The highest BCUT2D eigenvalue weighted by molar-refractivity contribution is 6.31. The molecular formula is C17H24ClN. The van der Waals surface area contributed by atoms with E-state index in [2.05, 4.69) is 24.4 Å². The number of benzene rings is 1. The quantitative estimate of drug-likeness (QED) is 0.852. The molecule has 1 spiro atoms. The van der Waals surface area contributed by atoms with E-state index in [1.165, 1.54) is 44.1 Å². The van der Waals surface area contributed by atoms with Crippen LogP contribution in [0.1, 0.15) is 51.0 Å². The van der Waals surface area contributed by atoms with Gasteiger partial charge in [-0.2, -0.15) is 0 Å². The van der Waals surface area contributed by atoms with Crippen molar-refractivity contribution in [3.05, 3.63) is 34.9 Å². The van der Waals surface area contributed by atoms with Gasteiger partial charge in [0.15, 0.2) is 0 Å². The summed E-state index contributed by atoms with van der Waals surface area (Å²) >= 11 is 6.47. The zero-order valence-corrected chi connectivity index (χ0v) is 12.6. The average Bonchev–Trinajstić information content (AvgIpc) is 2.84. The molecule has 2 heteroatoms. The van der Waals surface area contributed by atoms with Crippen molar-refractivity contribution in [2.75, 3.05) is 13.1 Å². The zero-order valence-electron chi connectivity index (χ0n) is 11.8. The minimum Gasteiger partial charge on any atom is -0.316 e. The van der Waals surface area contributed by atoms with Crippen LogP contribution in [0.25, 0.3) is 0 Å². The number of hydrogen-bond donors (Lipinski definition) is 1. The van der Waals surface area contributed by atoms with Crippen LogP contribution in [0.4, 0.5) is 0 Å². The van der Waals surface area contributed by atoms with E-state index in [1.807, 2.05) is 12.1 Å². The Hall–Kier alpha value is -0.530. The lowest BCUT2D eigenvalue weighted by Crippen LogP contribution is -2.54. The molecule has 0 aliphatic heterocycles. The van der Waals surface area contributed by atoms with Gasteiger partial charge in [-0.3, -0.25) is 0 Å². The van der Waals surface area contributed by atoms with Gasteiger partial charge in [-0.05, 0) is 49.3 Å². The molecule has 2 saturated carbocycles. The number of hydrogen-bond acceptors (Lipinski definition) is 1. The highest BCUT2D eigenvalue weighted by Crippen LogP contribution is 2.63. The second-order valence-electron chi connectivity index (χ2n) is 6.60. The minimum absolute atomic E-state index is 0.290. The molecule has 1 nitrogen and oxygen atoms in total. The van der Waals surface area contributed by atoms with Gasteiger partial charge in [-0.1, -0.05) is 49.6 Å². The van der Waals surface area contributed by atoms with Crippen molar-refractivity contribution in [3.63, 3.8) is 0 Å². The molecule has 0 aromatic heterocycles. The first-order valence-corrected chi connectivity index (χ1v) is 8.03. The van der Waals surface area contributed by atoms with E-state index in [-0.39, 0.29) is 0 Å². The van der Waals surface area contributed by atoms with Crippen molar-refractivity contribution in [2.45, 2.75) is 50.9 Å². The van der Waals surface area contributed by atoms with Gasteiger partial charge in [0.1, 0.15) is 0 Å². The van der Waals surface area contributed by atoms with E-state index < -0.39 is 0 Å². The van der Waals surface area contributed by atoms with Crippen molar-refractivity contribution in [1.29, 1.82) is 0 Å². The maximum Gasteiger partial charge on any atom is 0.0444 e. The van der Waals surface area contributed by atoms with Crippen LogP contribution in [-0.2, 0) is 5.41 Å². The molecule has 0 heterocycles. The van der Waals surface area contributed by atoms with Gasteiger partial charge in [-0.25, -0.2) is 0 Å². The summed E-state index contributed by atoms with van der Waals surface area (Å²) < 4.78 is 0. The van der Waals surface area contributed by atoms with E-state index in [0.717, 1.165) is 18.1 Å². The number of rotatable bonds is 4. The van der Waals surface area contributed by atoms with Gasteiger partial charge in [0.05, 0.1) is 0 Å². The summed E-state index contributed by atoms with van der Waals surface area (Å²) in [4.78, 5) is 0. The molecule has 104 valence electrons. The molecule has 2 fully saturated rings. The third kappa shape index (κ3) is 2.32. The van der Waals surface area contributed by atoms with Crippen LogP contribution in [0.2, 0.25) is 5.02 Å². The van der Waals surface area contributed by atoms with E-state index >= 15 is 0 Å². The predicted molar refractivity (Wildman–Crippen MR) is 81.8 cm³/mol. The SMILES string of the molecule is CCNCC1(c2ccccc2Cl)CC2(CCCC2)C1. The minimum atomic E-state index is 0.290. The van der Waals surface area contributed by atoms with Gasteiger partial charge in [0.25, 0.3) is 0 Å². The second kappa shape index (κ2) is 5.10. The maximum atomic E-state index is 6.47. The lowest BCUT2D eigenvalue weighted by atomic mass is 9.49. The summed E-state index contributed by atoms with van der Waals surface area (Å²) in [6, 6.07) is 8.46. The molecule has 2 aliphatic rings. The Morgan fingerprint density at radius 3 is 2.47 bits per heavy atom. The molecule has 0 radical (unpaired) electrons. The fraction of sp³-hybridized carbons (Fsp3) is 0.647. The first-order valence-electron chi connectivity index (χ1n) is 7.66. The Morgan fingerprint density at radius 2 is 1.84 bits per heavy atom. The molecule has 0 amide bonds. The zero-order chi connectivity index (χ0) is 13.3. The largest absolute Gasteiger partial charge is 0.316 e. The summed E-state index contributed by atoms with van der Waals surface area (Å²) in [6.45, 7) is 4.30. The number of likely N-dealkylation sites (N-methyl/N-ethyl adjacent to an activating group) is 1. The molecule has 3 rings (SSSR count). The fourth-order valence-electron chi connectivity index (χ4n) is 4.53. The molecule has 1 N–H and O–H groups in total. The van der Waals surface area contributed by atoms with Gasteiger partial charge in [0.2, 0.25) is 0 Å². The van der Waals surface area contributed by atoms with E-state index in [9.17, 15) is 0 Å². The van der Waals surface area contributed by atoms with Crippen LogP contribution in [0.15, 0.2) is 24.3 Å². The molecule has 0 unspecified atom stereocenters. The summed E-state index contributed by atoms with van der Waals surface area (Å²) in [7, 11) is 0. The third-order valence-corrected chi connectivity index (χ3v) is 5.58. The Balaban J connectivity index is 1.85. The monoisotopic (exact) mass is 277 g/mol. The Morgan fingerprint density at radius 1 is 1.16 bits per heavy atom. The van der Waals surface area contributed by atoms with E-state index in [1.54, 1.807) is 0 Å². The topological polar surface area (TPSA) is 12.0 Å². The van der Waals surface area contributed by atoms with E-state index in [0.29, 0.717) is 10.8 Å². The molecular weight excluding hydrogens is 254 g/mol. The van der Waals surface area contributed by atoms with Crippen LogP contribution >= 0.6 is 11.6 Å². The second-order valence-corrected chi connectivity index (χ2v) is 7.01. The van der Waals surface area contributed by atoms with Gasteiger partial charge >= 0.3 is 0 Å². The highest BCUT2D eigenvalue weighted by atomic mass is 35.5. The first-order chi connectivity index (χ1) is 9.20. The van der Waals surface area contributed by atoms with Crippen molar-refractivity contribution >= 4 is 11.6 Å². The van der Waals surface area contributed by atoms with Crippen molar-refractivity contribution in [2.24, 2.45) is 5.41 Å². The smallest absolute Gasteiger partial charge is 0.0444 e. The fourth-order valence-corrected chi connectivity index (χ4v) is 4.86. The van der Waals surface area contributed by atoms with E-state index in [4.69, 9.17) is 11.6 Å². The molecule has 1 aromatic carbocycles. The van der Waals surface area contributed by atoms with Crippen molar-refractivity contribution < 1.29 is 0 Å². The third-order valence-electron chi connectivity index (χ3n) is 5.25. The van der Waals surface area contributed by atoms with Crippen molar-refractivity contribution in [3.8, 4) is 0 Å². The lowest BCUT2D eigenvalue weighted by molar-refractivity contribution is 0.0274. The molecule has 19 heavy (non-hydrogen) atoms. The maximum absolute atomic E-state index is 6.47. The predicted octanol–water partition coefficient (Wildman–Crippen LogP) is 4.54.